The molecule has 102 valence electrons. The van der Waals surface area contributed by atoms with E-state index < -0.39 is 6.09 Å². The van der Waals surface area contributed by atoms with Crippen LogP contribution in [0.3, 0.4) is 0 Å². The first kappa shape index (κ1) is 14.9. The van der Waals surface area contributed by atoms with Crippen LogP contribution in [0.4, 0.5) is 4.79 Å². The molecule has 6 nitrogen and oxygen atoms in total. The van der Waals surface area contributed by atoms with Gasteiger partial charge in [0.1, 0.15) is 6.61 Å². The van der Waals surface area contributed by atoms with Gasteiger partial charge in [0.15, 0.2) is 0 Å². The lowest BCUT2D eigenvalue weighted by molar-refractivity contribution is 0.133. The second-order valence-electron chi connectivity index (χ2n) is 4.47. The molecule has 1 unspecified atom stereocenters. The minimum absolute atomic E-state index is 0.162. The van der Waals surface area contributed by atoms with E-state index in [0.29, 0.717) is 0 Å². The molecule has 0 saturated carbocycles. The van der Waals surface area contributed by atoms with Crippen molar-refractivity contribution in [1.82, 2.24) is 5.32 Å². The van der Waals surface area contributed by atoms with Crippen molar-refractivity contribution in [2.75, 3.05) is 6.54 Å². The van der Waals surface area contributed by atoms with E-state index in [1.807, 2.05) is 44.2 Å². The molecule has 1 rings (SSSR count). The van der Waals surface area contributed by atoms with Gasteiger partial charge >= 0.3 is 6.09 Å². The van der Waals surface area contributed by atoms with Gasteiger partial charge in [-0.05, 0) is 17.0 Å². The van der Waals surface area contributed by atoms with E-state index in [2.05, 4.69) is 15.3 Å². The quantitative estimate of drug-likeness (QED) is 0.484. The average molecular weight is 262 g/mol. The third kappa shape index (κ3) is 5.79. The fourth-order valence-electron chi connectivity index (χ4n) is 1.46. The number of hydrogen-bond acceptors (Lipinski definition) is 3. The van der Waals surface area contributed by atoms with Crippen LogP contribution in [-0.2, 0) is 11.3 Å². The summed E-state index contributed by atoms with van der Waals surface area (Å²) in [6.07, 6.45) is -0.504. The standard InChI is InChI=1S/C13H18N4O2/c1-10(2)12(8-15-17-14)16-13(18)19-9-11-6-4-3-5-7-11/h3-7,10,12H,8-9H2,1-2H3,(H,16,18). The molecule has 0 fully saturated rings. The summed E-state index contributed by atoms with van der Waals surface area (Å²) in [6.45, 7) is 4.32. The summed E-state index contributed by atoms with van der Waals surface area (Å²) >= 11 is 0. The summed E-state index contributed by atoms with van der Waals surface area (Å²) in [5, 5.41) is 6.17. The third-order valence-electron chi connectivity index (χ3n) is 2.66. The van der Waals surface area contributed by atoms with Crippen molar-refractivity contribution in [3.8, 4) is 0 Å². The van der Waals surface area contributed by atoms with Crippen molar-refractivity contribution in [2.45, 2.75) is 26.5 Å². The number of nitrogens with one attached hydrogen (secondary N) is 1. The largest absolute Gasteiger partial charge is 0.445 e. The van der Waals surface area contributed by atoms with Crippen LogP contribution < -0.4 is 5.32 Å². The zero-order valence-corrected chi connectivity index (χ0v) is 11.1. The van der Waals surface area contributed by atoms with Gasteiger partial charge in [-0.3, -0.25) is 0 Å². The molecule has 0 spiro atoms. The Balaban J connectivity index is 2.42. The van der Waals surface area contributed by atoms with Gasteiger partial charge in [-0.2, -0.15) is 0 Å². The number of carbonyl (C=O) groups excluding carboxylic acids is 1. The molecular weight excluding hydrogens is 244 g/mol. The molecule has 0 bridgehead atoms. The van der Waals surface area contributed by atoms with Crippen LogP contribution in [0.15, 0.2) is 35.4 Å². The molecule has 0 aliphatic carbocycles. The van der Waals surface area contributed by atoms with Crippen LogP contribution >= 0.6 is 0 Å². The monoisotopic (exact) mass is 262 g/mol. The summed E-state index contributed by atoms with van der Waals surface area (Å²) in [7, 11) is 0. The number of rotatable bonds is 6. The number of hydrogen-bond donors (Lipinski definition) is 1. The van der Waals surface area contributed by atoms with Crippen molar-refractivity contribution in [2.24, 2.45) is 11.0 Å². The van der Waals surface area contributed by atoms with Crippen LogP contribution in [0, 0.1) is 5.92 Å². The van der Waals surface area contributed by atoms with Gasteiger partial charge in [-0.15, -0.1) is 0 Å². The number of alkyl carbamates (subject to hydrolysis) is 1. The van der Waals surface area contributed by atoms with Crippen LogP contribution in [0.1, 0.15) is 19.4 Å². The number of amides is 1. The van der Waals surface area contributed by atoms with Crippen molar-refractivity contribution in [3.05, 3.63) is 46.3 Å². The van der Waals surface area contributed by atoms with E-state index in [9.17, 15) is 4.79 Å². The highest BCUT2D eigenvalue weighted by atomic mass is 16.5. The molecule has 1 amide bonds. The zero-order valence-electron chi connectivity index (χ0n) is 11.1. The zero-order chi connectivity index (χ0) is 14.1. The van der Waals surface area contributed by atoms with Crippen molar-refractivity contribution < 1.29 is 9.53 Å². The summed E-state index contributed by atoms with van der Waals surface area (Å²) < 4.78 is 5.10. The van der Waals surface area contributed by atoms with Crippen LogP contribution in [0.2, 0.25) is 0 Å². The summed E-state index contributed by atoms with van der Waals surface area (Å²) in [6, 6.07) is 9.21. The van der Waals surface area contributed by atoms with Crippen molar-refractivity contribution in [3.63, 3.8) is 0 Å². The van der Waals surface area contributed by atoms with Crippen LogP contribution in [0.25, 0.3) is 10.4 Å². The highest BCUT2D eigenvalue weighted by molar-refractivity contribution is 5.67. The first-order chi connectivity index (χ1) is 9.13. The number of benzene rings is 1. The second kappa shape index (κ2) is 8.00. The lowest BCUT2D eigenvalue weighted by Gasteiger charge is -2.19. The van der Waals surface area contributed by atoms with E-state index >= 15 is 0 Å². The number of carbonyl (C=O) groups is 1. The molecule has 1 aromatic carbocycles. The molecule has 0 aromatic heterocycles. The highest BCUT2D eigenvalue weighted by Crippen LogP contribution is 2.04. The number of azide groups is 1. The number of ether oxygens (including phenoxy) is 1. The molecule has 0 aliphatic rings. The fraction of sp³-hybridized carbons (Fsp3) is 0.462. The summed E-state index contributed by atoms with van der Waals surface area (Å²) in [5.74, 6) is 0.162. The topological polar surface area (TPSA) is 87.1 Å². The van der Waals surface area contributed by atoms with Crippen LogP contribution in [0.5, 0.6) is 0 Å². The summed E-state index contributed by atoms with van der Waals surface area (Å²) in [4.78, 5) is 14.3. The maximum Gasteiger partial charge on any atom is 0.407 e. The molecule has 0 aliphatic heterocycles. The normalized spacial score (nSPS) is 11.5. The average Bonchev–Trinajstić information content (AvgIpc) is 2.42. The maximum atomic E-state index is 11.6. The Morgan fingerprint density at radius 1 is 1.42 bits per heavy atom. The van der Waals surface area contributed by atoms with Crippen molar-refractivity contribution >= 4 is 6.09 Å². The molecule has 0 heterocycles. The van der Waals surface area contributed by atoms with Gasteiger partial charge in [-0.1, -0.05) is 49.3 Å². The van der Waals surface area contributed by atoms with E-state index in [1.165, 1.54) is 0 Å². The molecule has 0 radical (unpaired) electrons. The van der Waals surface area contributed by atoms with Gasteiger partial charge in [0, 0.05) is 17.5 Å². The van der Waals surface area contributed by atoms with E-state index in [4.69, 9.17) is 10.3 Å². The fourth-order valence-corrected chi connectivity index (χ4v) is 1.46. The first-order valence-corrected chi connectivity index (χ1v) is 6.11. The Morgan fingerprint density at radius 2 is 2.11 bits per heavy atom. The highest BCUT2D eigenvalue weighted by Gasteiger charge is 2.15. The van der Waals surface area contributed by atoms with Gasteiger partial charge in [0.05, 0.1) is 0 Å². The third-order valence-corrected chi connectivity index (χ3v) is 2.66. The second-order valence-corrected chi connectivity index (χ2v) is 4.47. The molecular formula is C13H18N4O2. The van der Waals surface area contributed by atoms with Gasteiger partial charge in [0.25, 0.3) is 0 Å². The SMILES string of the molecule is CC(C)C(CN=[N+]=[N-])NC(=O)OCc1ccccc1. The smallest absolute Gasteiger partial charge is 0.407 e. The Kier molecular flexibility index (Phi) is 6.26. The molecule has 1 aromatic rings. The molecule has 0 saturated heterocycles. The van der Waals surface area contributed by atoms with Crippen molar-refractivity contribution in [1.29, 1.82) is 0 Å². The molecule has 19 heavy (non-hydrogen) atoms. The maximum absolute atomic E-state index is 11.6. The predicted octanol–water partition coefficient (Wildman–Crippen LogP) is 3.25. The van der Waals surface area contributed by atoms with E-state index in [-0.39, 0.29) is 25.1 Å². The van der Waals surface area contributed by atoms with Gasteiger partial charge in [-0.25, -0.2) is 4.79 Å². The Morgan fingerprint density at radius 3 is 2.68 bits per heavy atom. The van der Waals surface area contributed by atoms with E-state index in [0.717, 1.165) is 5.56 Å². The molecule has 1 N–H and O–H groups in total. The lowest BCUT2D eigenvalue weighted by atomic mass is 10.1. The summed E-state index contributed by atoms with van der Waals surface area (Å²) in [5.41, 5.74) is 9.22. The Labute approximate surface area is 112 Å². The first-order valence-electron chi connectivity index (χ1n) is 6.11. The van der Waals surface area contributed by atoms with Gasteiger partial charge < -0.3 is 10.1 Å². The number of nitrogens with zero attached hydrogens (tertiary/aromatic N) is 3. The van der Waals surface area contributed by atoms with Crippen LogP contribution in [-0.4, -0.2) is 18.7 Å². The van der Waals surface area contributed by atoms with Gasteiger partial charge in [0.2, 0.25) is 0 Å². The predicted molar refractivity (Wildman–Crippen MR) is 72.4 cm³/mol. The minimum atomic E-state index is -0.504. The minimum Gasteiger partial charge on any atom is -0.445 e. The van der Waals surface area contributed by atoms with E-state index in [1.54, 1.807) is 0 Å². The lowest BCUT2D eigenvalue weighted by Crippen LogP contribution is -2.40. The Hall–Kier alpha value is -2.20. The molecule has 1 atom stereocenters. The molecule has 6 heteroatoms. The Bertz CT molecular complexity index is 441.